The summed E-state index contributed by atoms with van der Waals surface area (Å²) in [5, 5.41) is 5.26. The van der Waals surface area contributed by atoms with Crippen molar-refractivity contribution in [2.75, 3.05) is 24.6 Å². The molecule has 0 aromatic carbocycles. The van der Waals surface area contributed by atoms with Gasteiger partial charge < -0.3 is 11.1 Å². The highest BCUT2D eigenvalue weighted by molar-refractivity contribution is 14.0. The van der Waals surface area contributed by atoms with Crippen molar-refractivity contribution in [2.24, 2.45) is 16.6 Å². The van der Waals surface area contributed by atoms with E-state index in [9.17, 15) is 0 Å². The fraction of sp³-hybridized carbons (Fsp3) is 0.643. The molecule has 0 fully saturated rings. The number of rotatable bonds is 9. The van der Waals surface area contributed by atoms with Gasteiger partial charge in [0, 0.05) is 18.0 Å². The first-order valence-electron chi connectivity index (χ1n) is 6.82. The Labute approximate surface area is 148 Å². The Balaban J connectivity index is 0.00000361. The third-order valence-corrected chi connectivity index (χ3v) is 4.85. The van der Waals surface area contributed by atoms with Gasteiger partial charge in [-0.15, -0.1) is 35.3 Å². The summed E-state index contributed by atoms with van der Waals surface area (Å²) in [5.41, 5.74) is 5.81. The van der Waals surface area contributed by atoms with Crippen molar-refractivity contribution < 1.29 is 0 Å². The van der Waals surface area contributed by atoms with Gasteiger partial charge in [0.1, 0.15) is 0 Å². The van der Waals surface area contributed by atoms with E-state index >= 15 is 0 Å². The first-order valence-corrected chi connectivity index (χ1v) is 8.86. The summed E-state index contributed by atoms with van der Waals surface area (Å²) in [6.07, 6.45) is 2.11. The molecule has 1 rings (SSSR count). The third kappa shape index (κ3) is 10.8. The molecule has 0 aliphatic heterocycles. The average Bonchev–Trinajstić information content (AvgIpc) is 2.86. The van der Waals surface area contributed by atoms with Crippen molar-refractivity contribution in [1.82, 2.24) is 5.32 Å². The molecule has 1 heterocycles. The van der Waals surface area contributed by atoms with Crippen LogP contribution in [-0.2, 0) is 6.42 Å². The molecule has 6 heteroatoms. The van der Waals surface area contributed by atoms with Crippen LogP contribution in [0.1, 0.15) is 25.1 Å². The molecule has 0 aliphatic rings. The average molecular weight is 427 g/mol. The molecule has 0 saturated heterocycles. The number of halogens is 1. The smallest absolute Gasteiger partial charge is 0.188 e. The monoisotopic (exact) mass is 427 g/mol. The molecule has 0 amide bonds. The van der Waals surface area contributed by atoms with Crippen molar-refractivity contribution >= 4 is 53.0 Å². The van der Waals surface area contributed by atoms with E-state index in [2.05, 4.69) is 41.7 Å². The van der Waals surface area contributed by atoms with Crippen molar-refractivity contribution in [3.63, 3.8) is 0 Å². The van der Waals surface area contributed by atoms with Crippen LogP contribution in [0.2, 0.25) is 0 Å². The van der Waals surface area contributed by atoms with Crippen LogP contribution in [0.15, 0.2) is 22.5 Å². The Morgan fingerprint density at radius 3 is 2.95 bits per heavy atom. The summed E-state index contributed by atoms with van der Waals surface area (Å²) >= 11 is 3.78. The van der Waals surface area contributed by atoms with Crippen LogP contribution >= 0.6 is 47.1 Å². The van der Waals surface area contributed by atoms with E-state index < -0.39 is 0 Å². The van der Waals surface area contributed by atoms with Gasteiger partial charge in [-0.3, -0.25) is 4.99 Å². The van der Waals surface area contributed by atoms with Crippen LogP contribution in [0, 0.1) is 5.92 Å². The van der Waals surface area contributed by atoms with Gasteiger partial charge >= 0.3 is 0 Å². The standard InChI is InChI=1S/C14H25N3S2.HI/c1-12(2)11-18-9-4-7-16-14(15)17-8-6-13-5-3-10-19-13;/h3,5,10,12H,4,6-9,11H2,1-2H3,(H3,15,16,17);1H. The molecule has 3 nitrogen and oxygen atoms in total. The molecule has 1 aromatic rings. The van der Waals surface area contributed by atoms with Gasteiger partial charge in [-0.1, -0.05) is 19.9 Å². The van der Waals surface area contributed by atoms with Crippen molar-refractivity contribution in [2.45, 2.75) is 26.7 Å². The molecule has 3 N–H and O–H groups in total. The Morgan fingerprint density at radius 1 is 1.50 bits per heavy atom. The number of nitrogens with one attached hydrogen (secondary N) is 1. The number of nitrogens with zero attached hydrogens (tertiary/aromatic N) is 1. The quantitative estimate of drug-likeness (QED) is 0.274. The number of hydrogen-bond acceptors (Lipinski definition) is 3. The first-order chi connectivity index (χ1) is 9.18. The molecular weight excluding hydrogens is 401 g/mol. The lowest BCUT2D eigenvalue weighted by atomic mass is 10.3. The second-order valence-electron chi connectivity index (χ2n) is 4.85. The highest BCUT2D eigenvalue weighted by Gasteiger charge is 1.96. The lowest BCUT2D eigenvalue weighted by molar-refractivity contribution is 0.749. The topological polar surface area (TPSA) is 50.4 Å². The van der Waals surface area contributed by atoms with E-state index in [0.29, 0.717) is 5.96 Å². The van der Waals surface area contributed by atoms with Gasteiger partial charge in [0.15, 0.2) is 5.96 Å². The minimum absolute atomic E-state index is 0. The zero-order chi connectivity index (χ0) is 13.9. The molecular formula is C14H26IN3S2. The molecule has 0 unspecified atom stereocenters. The summed E-state index contributed by atoms with van der Waals surface area (Å²) in [6, 6.07) is 4.22. The zero-order valence-electron chi connectivity index (χ0n) is 12.3. The van der Waals surface area contributed by atoms with Gasteiger partial charge in [0.25, 0.3) is 0 Å². The summed E-state index contributed by atoms with van der Waals surface area (Å²) in [5.74, 6) is 3.76. The van der Waals surface area contributed by atoms with E-state index in [1.54, 1.807) is 11.3 Å². The summed E-state index contributed by atoms with van der Waals surface area (Å²) in [4.78, 5) is 5.71. The lowest BCUT2D eigenvalue weighted by Gasteiger charge is -2.05. The third-order valence-electron chi connectivity index (χ3n) is 2.44. The molecule has 0 aliphatic carbocycles. The van der Waals surface area contributed by atoms with Crippen LogP contribution in [0.4, 0.5) is 0 Å². The SMILES string of the molecule is CC(C)CSCCCN=C(N)NCCc1cccs1.I. The van der Waals surface area contributed by atoms with E-state index in [-0.39, 0.29) is 24.0 Å². The van der Waals surface area contributed by atoms with Crippen LogP contribution < -0.4 is 11.1 Å². The summed E-state index contributed by atoms with van der Waals surface area (Å²) in [7, 11) is 0. The molecule has 0 spiro atoms. The summed E-state index contributed by atoms with van der Waals surface area (Å²) < 4.78 is 0. The number of thiophene rings is 1. The first kappa shape index (κ1) is 20.1. The predicted molar refractivity (Wildman–Crippen MR) is 105 cm³/mol. The van der Waals surface area contributed by atoms with Crippen molar-refractivity contribution in [1.29, 1.82) is 0 Å². The minimum atomic E-state index is 0. The Kier molecular flexibility index (Phi) is 12.8. The minimum Gasteiger partial charge on any atom is -0.370 e. The molecule has 0 atom stereocenters. The van der Waals surface area contributed by atoms with Gasteiger partial charge in [-0.25, -0.2) is 0 Å². The Hall–Kier alpha value is 0.0500. The molecule has 0 saturated carbocycles. The molecule has 1 aromatic heterocycles. The van der Waals surface area contributed by atoms with Crippen LogP contribution in [0.25, 0.3) is 0 Å². The van der Waals surface area contributed by atoms with Gasteiger partial charge in [-0.05, 0) is 41.7 Å². The molecule has 0 bridgehead atoms. The number of hydrogen-bond donors (Lipinski definition) is 2. The largest absolute Gasteiger partial charge is 0.370 e. The van der Waals surface area contributed by atoms with Gasteiger partial charge in [0.05, 0.1) is 0 Å². The predicted octanol–water partition coefficient (Wildman–Crippen LogP) is 3.59. The maximum atomic E-state index is 5.81. The fourth-order valence-corrected chi connectivity index (χ4v) is 3.19. The van der Waals surface area contributed by atoms with E-state index in [1.807, 2.05) is 11.8 Å². The van der Waals surface area contributed by atoms with Crippen LogP contribution in [0.5, 0.6) is 0 Å². The second-order valence-corrected chi connectivity index (χ2v) is 7.03. The highest BCUT2D eigenvalue weighted by Crippen LogP contribution is 2.09. The Morgan fingerprint density at radius 2 is 2.30 bits per heavy atom. The van der Waals surface area contributed by atoms with Gasteiger partial charge in [0.2, 0.25) is 0 Å². The van der Waals surface area contributed by atoms with E-state index in [4.69, 9.17) is 5.73 Å². The normalized spacial score (nSPS) is 11.4. The maximum absolute atomic E-state index is 5.81. The molecule has 116 valence electrons. The number of nitrogens with two attached hydrogens (primary N) is 1. The zero-order valence-corrected chi connectivity index (χ0v) is 16.3. The lowest BCUT2D eigenvalue weighted by Crippen LogP contribution is -2.33. The van der Waals surface area contributed by atoms with Crippen molar-refractivity contribution in [3.05, 3.63) is 22.4 Å². The van der Waals surface area contributed by atoms with Crippen molar-refractivity contribution in [3.8, 4) is 0 Å². The number of thioether (sulfide) groups is 1. The molecule has 20 heavy (non-hydrogen) atoms. The van der Waals surface area contributed by atoms with E-state index in [1.165, 1.54) is 16.4 Å². The van der Waals surface area contributed by atoms with Crippen LogP contribution in [0.3, 0.4) is 0 Å². The fourth-order valence-electron chi connectivity index (χ4n) is 1.51. The number of guanidine groups is 1. The maximum Gasteiger partial charge on any atom is 0.188 e. The highest BCUT2D eigenvalue weighted by atomic mass is 127. The van der Waals surface area contributed by atoms with Crippen LogP contribution in [-0.4, -0.2) is 30.6 Å². The summed E-state index contributed by atoms with van der Waals surface area (Å²) in [6.45, 7) is 6.18. The van der Waals surface area contributed by atoms with E-state index in [0.717, 1.165) is 31.8 Å². The molecule has 0 radical (unpaired) electrons. The Bertz CT molecular complexity index is 353. The number of aliphatic imine (C=N–C) groups is 1. The van der Waals surface area contributed by atoms with Gasteiger partial charge in [-0.2, -0.15) is 11.8 Å². The second kappa shape index (κ2) is 12.8.